The minimum Gasteiger partial charge on any atom is -0.396 e. The van der Waals surface area contributed by atoms with Crippen molar-refractivity contribution in [3.05, 3.63) is 41.2 Å². The van der Waals surface area contributed by atoms with Crippen LogP contribution in [-0.4, -0.2) is 22.2 Å². The molecule has 0 bridgehead atoms. The smallest absolute Gasteiger partial charge is 0.396 e. The van der Waals surface area contributed by atoms with E-state index < -0.39 is 23.2 Å². The molecular weight excluding hydrogens is 323 g/mol. The van der Waals surface area contributed by atoms with Crippen molar-refractivity contribution in [1.29, 1.82) is 5.26 Å². The van der Waals surface area contributed by atoms with E-state index in [1.807, 2.05) is 6.92 Å². The Morgan fingerprint density at radius 2 is 2.12 bits per heavy atom. The van der Waals surface area contributed by atoms with Crippen LogP contribution in [0.4, 0.5) is 24.5 Å². The van der Waals surface area contributed by atoms with Gasteiger partial charge in [0.25, 0.3) is 5.91 Å². The van der Waals surface area contributed by atoms with Gasteiger partial charge in [-0.25, -0.2) is 0 Å². The van der Waals surface area contributed by atoms with Gasteiger partial charge in [-0.15, -0.1) is 0 Å². The average Bonchev–Trinajstić information content (AvgIpc) is 2.92. The summed E-state index contributed by atoms with van der Waals surface area (Å²) in [6, 6.07) is 4.38. The molecule has 0 spiro atoms. The highest BCUT2D eigenvalue weighted by atomic mass is 19.4. The average molecular weight is 335 g/mol. The third kappa shape index (κ3) is 2.36. The van der Waals surface area contributed by atoms with E-state index in [1.54, 1.807) is 0 Å². The molecule has 2 heterocycles. The van der Waals surface area contributed by atoms with Gasteiger partial charge in [0.05, 0.1) is 35.1 Å². The number of carbonyl (C=O) groups is 1. The summed E-state index contributed by atoms with van der Waals surface area (Å²) < 4.78 is 40.2. The molecule has 1 atom stereocenters. The lowest BCUT2D eigenvalue weighted by Crippen LogP contribution is -2.43. The Balaban J connectivity index is 2.06. The third-order valence-corrected chi connectivity index (χ3v) is 3.88. The quantitative estimate of drug-likeness (QED) is 0.867. The highest BCUT2D eigenvalue weighted by Crippen LogP contribution is 2.35. The number of nitrogens with two attached hydrogens (primary N) is 1. The zero-order valence-corrected chi connectivity index (χ0v) is 12.5. The predicted molar refractivity (Wildman–Crippen MR) is 79.2 cm³/mol. The Morgan fingerprint density at radius 3 is 2.75 bits per heavy atom. The van der Waals surface area contributed by atoms with Crippen LogP contribution >= 0.6 is 0 Å². The number of nitrogen functional groups attached to an aromatic ring is 1. The molecule has 0 aliphatic carbocycles. The molecule has 1 amide bonds. The lowest BCUT2D eigenvalue weighted by molar-refractivity contribution is -0.137. The van der Waals surface area contributed by atoms with Gasteiger partial charge in [0.1, 0.15) is 5.69 Å². The Bertz CT molecular complexity index is 865. The minimum absolute atomic E-state index is 0.187. The molecule has 1 aliphatic heterocycles. The van der Waals surface area contributed by atoms with E-state index in [2.05, 4.69) is 5.10 Å². The number of hydrogen-bond acceptors (Lipinski definition) is 4. The highest BCUT2D eigenvalue weighted by molar-refractivity contribution is 6.09. The van der Waals surface area contributed by atoms with E-state index in [0.29, 0.717) is 0 Å². The van der Waals surface area contributed by atoms with E-state index >= 15 is 0 Å². The van der Waals surface area contributed by atoms with Gasteiger partial charge < -0.3 is 10.6 Å². The molecule has 9 heteroatoms. The minimum atomic E-state index is -4.63. The lowest BCUT2D eigenvalue weighted by Gasteiger charge is -2.32. The molecule has 3 rings (SSSR count). The fourth-order valence-electron chi connectivity index (χ4n) is 2.75. The largest absolute Gasteiger partial charge is 0.417 e. The second-order valence-corrected chi connectivity index (χ2v) is 5.50. The van der Waals surface area contributed by atoms with Crippen LogP contribution in [0.1, 0.15) is 34.6 Å². The normalized spacial score (nSPS) is 17.5. The summed E-state index contributed by atoms with van der Waals surface area (Å²) in [5.41, 5.74) is 4.79. The maximum atomic E-state index is 12.9. The Morgan fingerprint density at radius 1 is 1.42 bits per heavy atom. The first-order valence-corrected chi connectivity index (χ1v) is 7.00. The number of benzene rings is 1. The number of halogens is 3. The summed E-state index contributed by atoms with van der Waals surface area (Å²) in [6.07, 6.45) is -3.27. The van der Waals surface area contributed by atoms with Crippen LogP contribution in [0.25, 0.3) is 0 Å². The summed E-state index contributed by atoms with van der Waals surface area (Å²) >= 11 is 0. The number of nitriles is 1. The molecule has 1 aromatic carbocycles. The SMILES string of the molecule is C[C@H]1CN(c2ccc(C(F)(F)F)c(C#N)c2)C(=O)c2c(N)cnn21. The molecule has 6 nitrogen and oxygen atoms in total. The monoisotopic (exact) mass is 335 g/mol. The van der Waals surface area contributed by atoms with Crippen LogP contribution in [0.15, 0.2) is 24.4 Å². The number of alkyl halides is 3. The molecular formula is C15H12F3N5O. The molecule has 0 fully saturated rings. The van der Waals surface area contributed by atoms with Crippen molar-refractivity contribution in [2.45, 2.75) is 19.1 Å². The van der Waals surface area contributed by atoms with Crippen molar-refractivity contribution in [3.8, 4) is 6.07 Å². The van der Waals surface area contributed by atoms with Crippen LogP contribution < -0.4 is 10.6 Å². The van der Waals surface area contributed by atoms with E-state index in [0.717, 1.165) is 12.1 Å². The van der Waals surface area contributed by atoms with Crippen LogP contribution in [0.5, 0.6) is 0 Å². The van der Waals surface area contributed by atoms with E-state index in [9.17, 15) is 18.0 Å². The zero-order valence-electron chi connectivity index (χ0n) is 12.5. The first-order valence-electron chi connectivity index (χ1n) is 7.00. The number of rotatable bonds is 1. The number of carbonyl (C=O) groups excluding carboxylic acids is 1. The van der Waals surface area contributed by atoms with Crippen LogP contribution in [-0.2, 0) is 6.18 Å². The summed E-state index contributed by atoms with van der Waals surface area (Å²) in [5, 5.41) is 13.0. The molecule has 0 radical (unpaired) electrons. The third-order valence-electron chi connectivity index (χ3n) is 3.88. The molecule has 24 heavy (non-hydrogen) atoms. The van der Waals surface area contributed by atoms with Crippen molar-refractivity contribution in [1.82, 2.24) is 9.78 Å². The van der Waals surface area contributed by atoms with Gasteiger partial charge in [0.2, 0.25) is 0 Å². The number of amides is 1. The van der Waals surface area contributed by atoms with E-state index in [4.69, 9.17) is 11.0 Å². The standard InChI is InChI=1S/C15H12F3N5O/c1-8-7-22(14(24)13-12(20)6-21-23(8)13)10-2-3-11(15(16,17)18)9(4-10)5-19/h2-4,6,8H,7,20H2,1H3/t8-/m0/s1. The summed E-state index contributed by atoms with van der Waals surface area (Å²) in [6.45, 7) is 2.02. The first-order chi connectivity index (χ1) is 11.2. The molecule has 1 aliphatic rings. The van der Waals surface area contributed by atoms with Gasteiger partial charge in [-0.05, 0) is 25.1 Å². The Labute approximate surface area is 134 Å². The van der Waals surface area contributed by atoms with E-state index in [1.165, 1.54) is 27.9 Å². The maximum absolute atomic E-state index is 12.9. The topological polar surface area (TPSA) is 87.9 Å². The molecule has 0 unspecified atom stereocenters. The van der Waals surface area contributed by atoms with Gasteiger partial charge in [0, 0.05) is 12.2 Å². The molecule has 0 saturated carbocycles. The maximum Gasteiger partial charge on any atom is 0.417 e. The van der Waals surface area contributed by atoms with Gasteiger partial charge >= 0.3 is 6.18 Å². The van der Waals surface area contributed by atoms with Gasteiger partial charge in [0.15, 0.2) is 0 Å². The Hall–Kier alpha value is -3.02. The predicted octanol–water partition coefficient (Wildman–Crippen LogP) is 2.58. The zero-order chi connectivity index (χ0) is 17.6. The number of hydrogen-bond donors (Lipinski definition) is 1. The van der Waals surface area contributed by atoms with Gasteiger partial charge in [-0.2, -0.15) is 23.5 Å². The van der Waals surface area contributed by atoms with Crippen molar-refractivity contribution in [2.75, 3.05) is 17.2 Å². The second-order valence-electron chi connectivity index (χ2n) is 5.50. The van der Waals surface area contributed by atoms with E-state index in [-0.39, 0.29) is 29.7 Å². The van der Waals surface area contributed by atoms with Crippen LogP contribution in [0.2, 0.25) is 0 Å². The second kappa shape index (κ2) is 5.26. The van der Waals surface area contributed by atoms with Crippen molar-refractivity contribution >= 4 is 17.3 Å². The van der Waals surface area contributed by atoms with Crippen LogP contribution in [0, 0.1) is 11.3 Å². The van der Waals surface area contributed by atoms with Crippen molar-refractivity contribution in [3.63, 3.8) is 0 Å². The fraction of sp³-hybridized carbons (Fsp3) is 0.267. The molecule has 2 N–H and O–H groups in total. The number of nitrogens with zero attached hydrogens (tertiary/aromatic N) is 4. The van der Waals surface area contributed by atoms with Crippen molar-refractivity contribution < 1.29 is 18.0 Å². The number of anilines is 2. The Kier molecular flexibility index (Phi) is 3.48. The molecule has 124 valence electrons. The molecule has 0 saturated heterocycles. The molecule has 2 aromatic rings. The van der Waals surface area contributed by atoms with Gasteiger partial charge in [-0.3, -0.25) is 9.48 Å². The lowest BCUT2D eigenvalue weighted by atomic mass is 10.1. The first kappa shape index (κ1) is 15.9. The number of aromatic nitrogens is 2. The summed E-state index contributed by atoms with van der Waals surface area (Å²) in [4.78, 5) is 13.9. The van der Waals surface area contributed by atoms with Gasteiger partial charge in [-0.1, -0.05) is 0 Å². The fourth-order valence-corrected chi connectivity index (χ4v) is 2.75. The highest BCUT2D eigenvalue weighted by Gasteiger charge is 2.36. The van der Waals surface area contributed by atoms with Crippen LogP contribution in [0.3, 0.4) is 0 Å². The molecule has 1 aromatic heterocycles. The summed E-state index contributed by atoms with van der Waals surface area (Å²) in [7, 11) is 0. The van der Waals surface area contributed by atoms with Crippen molar-refractivity contribution in [2.24, 2.45) is 0 Å². The summed E-state index contributed by atoms with van der Waals surface area (Å²) in [5.74, 6) is -0.466. The number of fused-ring (bicyclic) bond motifs is 1.